The van der Waals surface area contributed by atoms with E-state index in [0.717, 1.165) is 28.3 Å². The van der Waals surface area contributed by atoms with Gasteiger partial charge in [-0.05, 0) is 17.7 Å². The molecule has 0 radical (unpaired) electrons. The second kappa shape index (κ2) is 6.66. The Kier molecular flexibility index (Phi) is 4.31. The second-order valence-electron chi connectivity index (χ2n) is 6.78. The SMILES string of the molecule is C=C(OC)c1ncc(CNc2ccc3c(c2)OCO3)c2c1OC(C)(C)OC2. The van der Waals surface area contributed by atoms with E-state index in [1.54, 1.807) is 13.3 Å². The van der Waals surface area contributed by atoms with Gasteiger partial charge in [0.05, 0.1) is 13.7 Å². The van der Waals surface area contributed by atoms with Crippen LogP contribution in [0, 0.1) is 0 Å². The lowest BCUT2D eigenvalue weighted by atomic mass is 10.1. The predicted octanol–water partition coefficient (Wildman–Crippen LogP) is 3.68. The summed E-state index contributed by atoms with van der Waals surface area (Å²) in [4.78, 5) is 4.51. The number of ether oxygens (including phenoxy) is 5. The fraction of sp³-hybridized carbons (Fsp3) is 0.350. The van der Waals surface area contributed by atoms with Gasteiger partial charge in [-0.3, -0.25) is 0 Å². The number of nitrogens with one attached hydrogen (secondary N) is 1. The second-order valence-corrected chi connectivity index (χ2v) is 6.78. The Morgan fingerprint density at radius 1 is 1.30 bits per heavy atom. The van der Waals surface area contributed by atoms with E-state index >= 15 is 0 Å². The number of benzene rings is 1. The molecule has 0 atom stereocenters. The highest BCUT2D eigenvalue weighted by atomic mass is 16.7. The molecule has 0 spiro atoms. The van der Waals surface area contributed by atoms with Gasteiger partial charge < -0.3 is 29.0 Å². The third kappa shape index (κ3) is 3.38. The molecule has 4 rings (SSSR count). The Labute approximate surface area is 157 Å². The Balaban J connectivity index is 1.61. The van der Waals surface area contributed by atoms with E-state index in [0.29, 0.717) is 30.4 Å². The molecule has 7 heteroatoms. The van der Waals surface area contributed by atoms with E-state index in [-0.39, 0.29) is 6.79 Å². The first-order valence-corrected chi connectivity index (χ1v) is 8.67. The first-order valence-electron chi connectivity index (χ1n) is 8.67. The van der Waals surface area contributed by atoms with Gasteiger partial charge in [-0.25, -0.2) is 4.98 Å². The van der Waals surface area contributed by atoms with Crippen molar-refractivity contribution in [1.29, 1.82) is 0 Å². The lowest BCUT2D eigenvalue weighted by molar-refractivity contribution is -0.180. The van der Waals surface area contributed by atoms with Crippen LogP contribution in [-0.4, -0.2) is 24.7 Å². The molecule has 2 aliphatic heterocycles. The fourth-order valence-electron chi connectivity index (χ4n) is 3.01. The molecular weight excluding hydrogens is 348 g/mol. The Morgan fingerprint density at radius 2 is 2.11 bits per heavy atom. The van der Waals surface area contributed by atoms with Gasteiger partial charge in [-0.15, -0.1) is 0 Å². The van der Waals surface area contributed by atoms with Gasteiger partial charge in [0.15, 0.2) is 17.2 Å². The number of aromatic nitrogens is 1. The molecular formula is C20H22N2O5. The van der Waals surface area contributed by atoms with Gasteiger partial charge in [-0.1, -0.05) is 6.58 Å². The van der Waals surface area contributed by atoms with Crippen LogP contribution in [0.5, 0.6) is 17.2 Å². The van der Waals surface area contributed by atoms with Crippen molar-refractivity contribution in [1.82, 2.24) is 4.98 Å². The molecule has 142 valence electrons. The van der Waals surface area contributed by atoms with Crippen LogP contribution in [0.25, 0.3) is 5.76 Å². The summed E-state index contributed by atoms with van der Waals surface area (Å²) in [6.45, 7) is 8.88. The average Bonchev–Trinajstić information content (AvgIpc) is 3.12. The number of hydrogen-bond acceptors (Lipinski definition) is 7. The summed E-state index contributed by atoms with van der Waals surface area (Å²) in [6, 6.07) is 5.75. The smallest absolute Gasteiger partial charge is 0.231 e. The molecule has 0 fully saturated rings. The Bertz CT molecular complexity index is 894. The maximum Gasteiger partial charge on any atom is 0.231 e. The van der Waals surface area contributed by atoms with Crippen molar-refractivity contribution >= 4 is 11.4 Å². The van der Waals surface area contributed by atoms with Crippen molar-refractivity contribution in [3.8, 4) is 17.2 Å². The molecule has 0 amide bonds. The van der Waals surface area contributed by atoms with Crippen molar-refractivity contribution in [2.24, 2.45) is 0 Å². The normalized spacial score (nSPS) is 16.3. The summed E-state index contributed by atoms with van der Waals surface area (Å²) in [5.74, 6) is 1.87. The Morgan fingerprint density at radius 3 is 2.93 bits per heavy atom. The monoisotopic (exact) mass is 370 g/mol. The van der Waals surface area contributed by atoms with Crippen molar-refractivity contribution < 1.29 is 23.7 Å². The molecule has 1 N–H and O–H groups in total. The molecule has 1 aromatic heterocycles. The Hall–Kier alpha value is -2.93. The topological polar surface area (TPSA) is 71.1 Å². The highest BCUT2D eigenvalue weighted by Crippen LogP contribution is 2.38. The maximum atomic E-state index is 6.04. The first kappa shape index (κ1) is 17.5. The van der Waals surface area contributed by atoms with Crippen molar-refractivity contribution in [3.05, 3.63) is 47.8 Å². The van der Waals surface area contributed by atoms with Gasteiger partial charge in [-0.2, -0.15) is 0 Å². The van der Waals surface area contributed by atoms with Crippen LogP contribution in [0.3, 0.4) is 0 Å². The summed E-state index contributed by atoms with van der Waals surface area (Å²) in [5.41, 5.74) is 3.43. The van der Waals surface area contributed by atoms with Gasteiger partial charge in [0.2, 0.25) is 12.6 Å². The molecule has 0 saturated carbocycles. The summed E-state index contributed by atoms with van der Waals surface area (Å²) in [6.07, 6.45) is 1.80. The minimum absolute atomic E-state index is 0.255. The van der Waals surface area contributed by atoms with Crippen LogP contribution in [0.1, 0.15) is 30.7 Å². The standard InChI is InChI=1S/C20H22N2O5/c1-12(23-4)18-19-15(10-26-20(2,3)27-19)13(9-22-18)8-21-14-5-6-16-17(7-14)25-11-24-16/h5-7,9,21H,1,8,10-11H2,2-4H3. The maximum absolute atomic E-state index is 6.04. The van der Waals surface area contributed by atoms with E-state index in [2.05, 4.69) is 16.9 Å². The minimum Gasteiger partial charge on any atom is -0.495 e. The van der Waals surface area contributed by atoms with Crippen LogP contribution < -0.4 is 19.5 Å². The van der Waals surface area contributed by atoms with Crippen LogP contribution in [-0.2, 0) is 22.6 Å². The molecule has 0 bridgehead atoms. The highest BCUT2D eigenvalue weighted by Gasteiger charge is 2.32. The van der Waals surface area contributed by atoms with Crippen LogP contribution >= 0.6 is 0 Å². The van der Waals surface area contributed by atoms with Crippen LogP contribution in [0.2, 0.25) is 0 Å². The number of anilines is 1. The molecule has 0 aliphatic carbocycles. The molecule has 2 aliphatic rings. The lowest BCUT2D eigenvalue weighted by Crippen LogP contribution is -2.36. The predicted molar refractivity (Wildman–Crippen MR) is 99.7 cm³/mol. The number of nitrogens with zero attached hydrogens (tertiary/aromatic N) is 1. The first-order chi connectivity index (χ1) is 13.0. The third-order valence-electron chi connectivity index (χ3n) is 4.50. The van der Waals surface area contributed by atoms with E-state index in [1.807, 2.05) is 32.0 Å². The molecule has 2 aromatic rings. The van der Waals surface area contributed by atoms with Gasteiger partial charge >= 0.3 is 0 Å². The number of hydrogen-bond donors (Lipinski definition) is 1. The minimum atomic E-state index is -0.735. The number of methoxy groups -OCH3 is 1. The van der Waals surface area contributed by atoms with E-state index in [9.17, 15) is 0 Å². The number of fused-ring (bicyclic) bond motifs is 2. The largest absolute Gasteiger partial charge is 0.495 e. The van der Waals surface area contributed by atoms with E-state index < -0.39 is 5.79 Å². The van der Waals surface area contributed by atoms with Crippen molar-refractivity contribution in [3.63, 3.8) is 0 Å². The molecule has 0 saturated heterocycles. The molecule has 0 unspecified atom stereocenters. The van der Waals surface area contributed by atoms with Crippen LogP contribution in [0.15, 0.2) is 31.0 Å². The third-order valence-corrected chi connectivity index (χ3v) is 4.50. The number of rotatable bonds is 5. The zero-order chi connectivity index (χ0) is 19.0. The van der Waals surface area contributed by atoms with Crippen LogP contribution in [0.4, 0.5) is 5.69 Å². The lowest BCUT2D eigenvalue weighted by Gasteiger charge is -2.34. The van der Waals surface area contributed by atoms with E-state index in [1.165, 1.54) is 0 Å². The zero-order valence-electron chi connectivity index (χ0n) is 15.6. The summed E-state index contributed by atoms with van der Waals surface area (Å²) >= 11 is 0. The fourth-order valence-corrected chi connectivity index (χ4v) is 3.01. The molecule has 1 aromatic carbocycles. The molecule has 3 heterocycles. The van der Waals surface area contributed by atoms with Crippen molar-refractivity contribution in [2.45, 2.75) is 32.8 Å². The van der Waals surface area contributed by atoms with Gasteiger partial charge in [0, 0.05) is 43.9 Å². The highest BCUT2D eigenvalue weighted by molar-refractivity contribution is 5.64. The van der Waals surface area contributed by atoms with Gasteiger partial charge in [0.25, 0.3) is 0 Å². The summed E-state index contributed by atoms with van der Waals surface area (Å²) in [7, 11) is 1.57. The van der Waals surface area contributed by atoms with Crippen molar-refractivity contribution in [2.75, 3.05) is 19.2 Å². The van der Waals surface area contributed by atoms with E-state index in [4.69, 9.17) is 23.7 Å². The van der Waals surface area contributed by atoms with Gasteiger partial charge in [0.1, 0.15) is 11.5 Å². The molecule has 7 nitrogen and oxygen atoms in total. The zero-order valence-corrected chi connectivity index (χ0v) is 15.6. The quantitative estimate of drug-likeness (QED) is 0.805. The summed E-state index contributed by atoms with van der Waals surface area (Å²) in [5, 5.41) is 3.38. The average molecular weight is 370 g/mol. The number of pyridine rings is 1. The summed E-state index contributed by atoms with van der Waals surface area (Å²) < 4.78 is 27.9. The molecule has 27 heavy (non-hydrogen) atoms.